The van der Waals surface area contributed by atoms with Crippen molar-refractivity contribution in [1.82, 2.24) is 24.9 Å². The highest BCUT2D eigenvalue weighted by atomic mass is 16.5. The van der Waals surface area contributed by atoms with Crippen LogP contribution in [0.5, 0.6) is 0 Å². The summed E-state index contributed by atoms with van der Waals surface area (Å²) in [5.41, 5.74) is 4.87. The van der Waals surface area contributed by atoms with Crippen LogP contribution in [0, 0.1) is 0 Å². The van der Waals surface area contributed by atoms with E-state index in [-0.39, 0.29) is 18.1 Å². The van der Waals surface area contributed by atoms with Crippen LogP contribution in [0.1, 0.15) is 59.4 Å². The number of nitrogens with zero attached hydrogens (tertiary/aromatic N) is 4. The summed E-state index contributed by atoms with van der Waals surface area (Å²) in [6.07, 6.45) is 4.55. The lowest BCUT2D eigenvalue weighted by Gasteiger charge is -2.26. The van der Waals surface area contributed by atoms with Crippen LogP contribution in [0.15, 0.2) is 6.20 Å². The molecule has 0 saturated heterocycles. The van der Waals surface area contributed by atoms with Crippen molar-refractivity contribution in [2.24, 2.45) is 7.05 Å². The number of carbonyl (C=O) groups excluding carboxylic acids is 1. The number of aromatic amines is 1. The minimum Gasteiger partial charge on any atom is -0.369 e. The maximum absolute atomic E-state index is 13.1. The Morgan fingerprint density at radius 1 is 1.42 bits per heavy atom. The third-order valence-electron chi connectivity index (χ3n) is 5.07. The maximum atomic E-state index is 13.1. The molecule has 4 heterocycles. The molecule has 4 rings (SSSR count). The van der Waals surface area contributed by atoms with Crippen molar-refractivity contribution >= 4 is 5.91 Å². The van der Waals surface area contributed by atoms with E-state index in [4.69, 9.17) is 4.74 Å². The molecule has 2 aromatic rings. The molecule has 2 aliphatic rings. The zero-order chi connectivity index (χ0) is 16.8. The highest BCUT2D eigenvalue weighted by Gasteiger charge is 2.32. The summed E-state index contributed by atoms with van der Waals surface area (Å²) in [5, 5.41) is 11.7. The lowest BCUT2D eigenvalue weighted by Crippen LogP contribution is -2.32. The highest BCUT2D eigenvalue weighted by molar-refractivity contribution is 5.94. The molecule has 2 atom stereocenters. The first-order chi connectivity index (χ1) is 11.5. The van der Waals surface area contributed by atoms with Crippen molar-refractivity contribution < 1.29 is 9.53 Å². The molecule has 2 aromatic heterocycles. The number of H-pyrrole nitrogens is 1. The van der Waals surface area contributed by atoms with Gasteiger partial charge in [0.05, 0.1) is 24.1 Å². The highest BCUT2D eigenvalue weighted by Crippen LogP contribution is 2.31. The third-order valence-corrected chi connectivity index (χ3v) is 5.07. The van der Waals surface area contributed by atoms with E-state index in [1.165, 1.54) is 5.69 Å². The summed E-state index contributed by atoms with van der Waals surface area (Å²) in [6, 6.07) is 0. The number of ether oxygens (including phenoxy) is 1. The van der Waals surface area contributed by atoms with Gasteiger partial charge in [-0.25, -0.2) is 0 Å². The molecule has 0 aliphatic carbocycles. The Labute approximate surface area is 141 Å². The van der Waals surface area contributed by atoms with Crippen molar-refractivity contribution in [3.05, 3.63) is 34.4 Å². The Bertz CT molecular complexity index is 778. The number of hydrogen-bond acceptors (Lipinski definition) is 4. The van der Waals surface area contributed by atoms with E-state index in [0.29, 0.717) is 12.2 Å². The minimum atomic E-state index is -0.0492. The monoisotopic (exact) mass is 329 g/mol. The summed E-state index contributed by atoms with van der Waals surface area (Å²) in [7, 11) is 1.96. The van der Waals surface area contributed by atoms with Crippen LogP contribution in [0.3, 0.4) is 0 Å². The fraction of sp³-hybridized carbons (Fsp3) is 0.588. The third kappa shape index (κ3) is 2.43. The molecule has 2 aliphatic heterocycles. The largest absolute Gasteiger partial charge is 0.369 e. The lowest BCUT2D eigenvalue weighted by atomic mass is 9.99. The molecule has 1 N–H and O–H groups in total. The smallest absolute Gasteiger partial charge is 0.274 e. The van der Waals surface area contributed by atoms with Crippen LogP contribution >= 0.6 is 0 Å². The molecule has 0 saturated carbocycles. The second-order valence-corrected chi connectivity index (χ2v) is 6.83. The fourth-order valence-corrected chi connectivity index (χ4v) is 3.86. The van der Waals surface area contributed by atoms with Crippen LogP contribution in [0.4, 0.5) is 0 Å². The zero-order valence-electron chi connectivity index (χ0n) is 14.4. The van der Waals surface area contributed by atoms with E-state index in [1.807, 2.05) is 36.7 Å². The molecule has 0 radical (unpaired) electrons. The van der Waals surface area contributed by atoms with Gasteiger partial charge in [-0.05, 0) is 26.7 Å². The van der Waals surface area contributed by atoms with Gasteiger partial charge in [-0.1, -0.05) is 0 Å². The molecule has 128 valence electrons. The number of amides is 1. The molecule has 0 bridgehead atoms. The SMILES string of the molecule is C[C@@H]1Cc2c(C(=O)N3CCCc4c(cnn4C)C3)n[nH]c2[C@H](C)O1. The predicted octanol–water partition coefficient (Wildman–Crippen LogP) is 1.75. The van der Waals surface area contributed by atoms with E-state index >= 15 is 0 Å². The van der Waals surface area contributed by atoms with Crippen LogP contribution in [0.2, 0.25) is 0 Å². The van der Waals surface area contributed by atoms with E-state index in [0.717, 1.165) is 42.6 Å². The van der Waals surface area contributed by atoms with Gasteiger partial charge >= 0.3 is 0 Å². The second-order valence-electron chi connectivity index (χ2n) is 6.83. The van der Waals surface area contributed by atoms with Gasteiger partial charge in [0.1, 0.15) is 0 Å². The van der Waals surface area contributed by atoms with Gasteiger partial charge in [-0.3, -0.25) is 14.6 Å². The van der Waals surface area contributed by atoms with Crippen LogP contribution < -0.4 is 0 Å². The van der Waals surface area contributed by atoms with Crippen LogP contribution in [-0.4, -0.2) is 43.4 Å². The summed E-state index contributed by atoms with van der Waals surface area (Å²) >= 11 is 0. The van der Waals surface area contributed by atoms with Gasteiger partial charge in [-0.2, -0.15) is 10.2 Å². The summed E-state index contributed by atoms with van der Waals surface area (Å²) in [6.45, 7) is 5.38. The van der Waals surface area contributed by atoms with Crippen molar-refractivity contribution in [3.8, 4) is 0 Å². The van der Waals surface area contributed by atoms with E-state index < -0.39 is 0 Å². The predicted molar refractivity (Wildman–Crippen MR) is 87.5 cm³/mol. The number of hydrogen-bond donors (Lipinski definition) is 1. The quantitative estimate of drug-likeness (QED) is 0.865. The number of fused-ring (bicyclic) bond motifs is 2. The first-order valence-corrected chi connectivity index (χ1v) is 8.56. The zero-order valence-corrected chi connectivity index (χ0v) is 14.4. The average molecular weight is 329 g/mol. The molecule has 0 spiro atoms. The van der Waals surface area contributed by atoms with E-state index in [9.17, 15) is 4.79 Å². The molecule has 7 nitrogen and oxygen atoms in total. The van der Waals surface area contributed by atoms with Crippen molar-refractivity contribution in [3.63, 3.8) is 0 Å². The lowest BCUT2D eigenvalue weighted by molar-refractivity contribution is -0.00702. The normalized spacial score (nSPS) is 23.5. The minimum absolute atomic E-state index is 0.00510. The molecule has 0 aromatic carbocycles. The summed E-state index contributed by atoms with van der Waals surface area (Å²) in [4.78, 5) is 15.0. The molecular formula is C17H23N5O2. The first-order valence-electron chi connectivity index (χ1n) is 8.56. The number of rotatable bonds is 1. The summed E-state index contributed by atoms with van der Waals surface area (Å²) in [5.74, 6) is 0.00510. The van der Waals surface area contributed by atoms with Gasteiger partial charge in [0, 0.05) is 43.4 Å². The number of nitrogens with one attached hydrogen (secondary N) is 1. The van der Waals surface area contributed by atoms with Gasteiger partial charge in [0.2, 0.25) is 0 Å². The van der Waals surface area contributed by atoms with Gasteiger partial charge < -0.3 is 9.64 Å². The first kappa shape index (κ1) is 15.4. The van der Waals surface area contributed by atoms with E-state index in [1.54, 1.807) is 0 Å². The van der Waals surface area contributed by atoms with Gasteiger partial charge in [-0.15, -0.1) is 0 Å². The molecular weight excluding hydrogens is 306 g/mol. The Morgan fingerprint density at radius 2 is 2.25 bits per heavy atom. The topological polar surface area (TPSA) is 76.0 Å². The second kappa shape index (κ2) is 5.73. The van der Waals surface area contributed by atoms with Gasteiger partial charge in [0.15, 0.2) is 5.69 Å². The molecule has 24 heavy (non-hydrogen) atoms. The Kier molecular flexibility index (Phi) is 3.68. The Balaban J connectivity index is 1.63. The van der Waals surface area contributed by atoms with Crippen LogP contribution in [-0.2, 0) is 31.2 Å². The molecule has 0 unspecified atom stereocenters. The molecule has 7 heteroatoms. The van der Waals surface area contributed by atoms with E-state index in [2.05, 4.69) is 15.3 Å². The Hall–Kier alpha value is -2.15. The van der Waals surface area contributed by atoms with Crippen LogP contribution in [0.25, 0.3) is 0 Å². The number of carbonyl (C=O) groups is 1. The summed E-state index contributed by atoms with van der Waals surface area (Å²) < 4.78 is 7.73. The van der Waals surface area contributed by atoms with Crippen molar-refractivity contribution in [2.45, 2.75) is 51.9 Å². The number of aryl methyl sites for hydroxylation is 1. The van der Waals surface area contributed by atoms with Crippen molar-refractivity contribution in [1.29, 1.82) is 0 Å². The molecule has 1 amide bonds. The fourth-order valence-electron chi connectivity index (χ4n) is 3.86. The standard InChI is InChI=1S/C17H23N5O2/c1-10-7-13-15(11(2)24-10)19-20-16(13)17(23)22-6-4-5-14-12(9-22)8-18-21(14)3/h8,10-11H,4-7,9H2,1-3H3,(H,19,20)/t10-,11+/m1/s1. The Morgan fingerprint density at radius 3 is 3.08 bits per heavy atom. The average Bonchev–Trinajstić information content (AvgIpc) is 3.03. The molecule has 0 fully saturated rings. The van der Waals surface area contributed by atoms with Gasteiger partial charge in [0.25, 0.3) is 5.91 Å². The maximum Gasteiger partial charge on any atom is 0.274 e. The number of aromatic nitrogens is 4. The van der Waals surface area contributed by atoms with Crippen molar-refractivity contribution in [2.75, 3.05) is 6.54 Å².